The van der Waals surface area contributed by atoms with Crippen molar-refractivity contribution in [1.82, 2.24) is 4.90 Å². The first-order chi connectivity index (χ1) is 9.33. The topological polar surface area (TPSA) is 12.5 Å². The number of hydrogen-bond acceptors (Lipinski definition) is 2. The molecule has 0 aromatic heterocycles. The van der Waals surface area contributed by atoms with Crippen LogP contribution in [0.15, 0.2) is 24.3 Å². The number of hydrogen-bond donors (Lipinski definition) is 0. The lowest BCUT2D eigenvalue weighted by atomic mass is 9.99. The lowest BCUT2D eigenvalue weighted by molar-refractivity contribution is -0.274. The second kappa shape index (κ2) is 6.22. The van der Waals surface area contributed by atoms with Crippen LogP contribution in [0, 0.1) is 5.92 Å². The number of rotatable bonds is 3. The summed E-state index contributed by atoms with van der Waals surface area (Å²) in [6.45, 7) is 4.67. The Hall–Kier alpha value is -0.940. The van der Waals surface area contributed by atoms with Gasteiger partial charge in [0.15, 0.2) is 0 Å². The zero-order chi connectivity index (χ0) is 14.8. The van der Waals surface area contributed by atoms with E-state index < -0.39 is 6.36 Å². The van der Waals surface area contributed by atoms with Gasteiger partial charge in [-0.05, 0) is 36.6 Å². The molecule has 112 valence electrons. The molecule has 1 aromatic rings. The van der Waals surface area contributed by atoms with Gasteiger partial charge in [0.25, 0.3) is 0 Å². The first kappa shape index (κ1) is 15.4. The molecule has 1 fully saturated rings. The van der Waals surface area contributed by atoms with Crippen molar-refractivity contribution in [2.45, 2.75) is 31.6 Å². The van der Waals surface area contributed by atoms with Crippen molar-refractivity contribution in [3.05, 3.63) is 29.8 Å². The minimum Gasteiger partial charge on any atom is -0.406 e. The minimum absolute atomic E-state index is 0.186. The average molecular weight is 308 g/mol. The van der Waals surface area contributed by atoms with Crippen LogP contribution in [0.5, 0.6) is 5.75 Å². The molecule has 1 saturated heterocycles. The third kappa shape index (κ3) is 4.56. The Labute approximate surface area is 121 Å². The maximum atomic E-state index is 12.1. The molecule has 2 atom stereocenters. The molecule has 0 N–H and O–H groups in total. The fourth-order valence-electron chi connectivity index (χ4n) is 2.40. The predicted molar refractivity (Wildman–Crippen MR) is 71.8 cm³/mol. The molecule has 0 radical (unpaired) electrons. The number of likely N-dealkylation sites (tertiary alicyclic amines) is 1. The van der Waals surface area contributed by atoms with Crippen LogP contribution in [0.2, 0.25) is 0 Å². The third-order valence-corrected chi connectivity index (χ3v) is 4.10. The fourth-order valence-corrected chi connectivity index (χ4v) is 2.58. The van der Waals surface area contributed by atoms with Gasteiger partial charge in [0.05, 0.1) is 0 Å². The lowest BCUT2D eigenvalue weighted by Gasteiger charge is -2.34. The zero-order valence-corrected chi connectivity index (χ0v) is 11.9. The fraction of sp³-hybridized carbons (Fsp3) is 0.571. The molecule has 6 heteroatoms. The highest BCUT2D eigenvalue weighted by atomic mass is 35.5. The first-order valence-electron chi connectivity index (χ1n) is 6.54. The van der Waals surface area contributed by atoms with E-state index in [2.05, 4.69) is 16.6 Å². The molecule has 1 aromatic carbocycles. The SMILES string of the molecule is CC1CN(Cc2ccc(OC(F)(F)F)cc2)CCC1Cl. The Kier molecular flexibility index (Phi) is 4.81. The predicted octanol–water partition coefficient (Wildman–Crippen LogP) is 4.03. The van der Waals surface area contributed by atoms with Gasteiger partial charge in [-0.1, -0.05) is 19.1 Å². The second-order valence-corrected chi connectivity index (χ2v) is 5.77. The van der Waals surface area contributed by atoms with E-state index in [-0.39, 0.29) is 11.1 Å². The highest BCUT2D eigenvalue weighted by Gasteiger charge is 2.31. The summed E-state index contributed by atoms with van der Waals surface area (Å²) in [5.41, 5.74) is 0.972. The molecule has 1 aliphatic rings. The van der Waals surface area contributed by atoms with Crippen molar-refractivity contribution in [1.29, 1.82) is 0 Å². The molecule has 2 nitrogen and oxygen atoms in total. The van der Waals surface area contributed by atoms with Gasteiger partial charge in [0.2, 0.25) is 0 Å². The summed E-state index contributed by atoms with van der Waals surface area (Å²) in [5.74, 6) is 0.243. The van der Waals surface area contributed by atoms with E-state index in [1.165, 1.54) is 12.1 Å². The van der Waals surface area contributed by atoms with Crippen LogP contribution < -0.4 is 4.74 Å². The highest BCUT2D eigenvalue weighted by Crippen LogP contribution is 2.25. The van der Waals surface area contributed by atoms with Gasteiger partial charge in [-0.25, -0.2) is 0 Å². The van der Waals surface area contributed by atoms with E-state index in [4.69, 9.17) is 11.6 Å². The quantitative estimate of drug-likeness (QED) is 0.782. The van der Waals surface area contributed by atoms with Crippen molar-refractivity contribution < 1.29 is 17.9 Å². The second-order valence-electron chi connectivity index (χ2n) is 5.21. The van der Waals surface area contributed by atoms with Gasteiger partial charge < -0.3 is 4.74 Å². The lowest BCUT2D eigenvalue weighted by Crippen LogP contribution is -2.39. The molecule has 0 bridgehead atoms. The van der Waals surface area contributed by atoms with Crippen molar-refractivity contribution >= 4 is 11.6 Å². The smallest absolute Gasteiger partial charge is 0.406 e. The Morgan fingerprint density at radius 2 is 1.95 bits per heavy atom. The van der Waals surface area contributed by atoms with Crippen LogP contribution in [0.25, 0.3) is 0 Å². The molecule has 2 unspecified atom stereocenters. The van der Waals surface area contributed by atoms with Crippen LogP contribution in [0.4, 0.5) is 13.2 Å². The molecule has 2 rings (SSSR count). The van der Waals surface area contributed by atoms with Crippen LogP contribution in [-0.4, -0.2) is 29.7 Å². The standard InChI is InChI=1S/C14H17ClF3NO/c1-10-8-19(7-6-13(10)15)9-11-2-4-12(5-3-11)20-14(16,17)18/h2-5,10,13H,6-9H2,1H3. The Bertz CT molecular complexity index is 435. The van der Waals surface area contributed by atoms with E-state index in [1.54, 1.807) is 12.1 Å². The molecule has 0 saturated carbocycles. The van der Waals surface area contributed by atoms with Gasteiger partial charge in [0.1, 0.15) is 5.75 Å². The van der Waals surface area contributed by atoms with Gasteiger partial charge in [-0.2, -0.15) is 0 Å². The molecule has 1 heterocycles. The molecular weight excluding hydrogens is 291 g/mol. The molecular formula is C14H17ClF3NO. The summed E-state index contributed by atoms with van der Waals surface area (Å²) >= 11 is 6.17. The summed E-state index contributed by atoms with van der Waals surface area (Å²) in [6.07, 6.45) is -3.70. The van der Waals surface area contributed by atoms with Crippen LogP contribution in [0.1, 0.15) is 18.9 Å². The minimum atomic E-state index is -4.64. The number of halogens is 4. The van der Waals surface area contributed by atoms with E-state index in [0.717, 1.165) is 31.6 Å². The van der Waals surface area contributed by atoms with E-state index in [9.17, 15) is 13.2 Å². The third-order valence-electron chi connectivity index (χ3n) is 3.45. The Balaban J connectivity index is 1.91. The number of benzene rings is 1. The van der Waals surface area contributed by atoms with Crippen molar-refractivity contribution in [3.8, 4) is 5.75 Å². The monoisotopic (exact) mass is 307 g/mol. The Morgan fingerprint density at radius 1 is 1.30 bits per heavy atom. The summed E-state index contributed by atoms with van der Waals surface area (Å²) < 4.78 is 40.0. The van der Waals surface area contributed by atoms with Gasteiger partial charge in [-0.15, -0.1) is 24.8 Å². The van der Waals surface area contributed by atoms with Crippen molar-refractivity contribution in [3.63, 3.8) is 0 Å². The molecule has 0 aliphatic carbocycles. The van der Waals surface area contributed by atoms with Crippen molar-refractivity contribution in [2.24, 2.45) is 5.92 Å². The zero-order valence-electron chi connectivity index (χ0n) is 11.2. The number of alkyl halides is 4. The summed E-state index contributed by atoms with van der Waals surface area (Å²) in [7, 11) is 0. The van der Waals surface area contributed by atoms with E-state index >= 15 is 0 Å². The molecule has 0 amide bonds. The highest BCUT2D eigenvalue weighted by molar-refractivity contribution is 6.20. The van der Waals surface area contributed by atoms with Crippen molar-refractivity contribution in [2.75, 3.05) is 13.1 Å². The molecule has 0 spiro atoms. The van der Waals surface area contributed by atoms with Crippen LogP contribution in [0.3, 0.4) is 0 Å². The maximum Gasteiger partial charge on any atom is 0.573 e. The Morgan fingerprint density at radius 3 is 2.50 bits per heavy atom. The molecule has 1 aliphatic heterocycles. The van der Waals surface area contributed by atoms with E-state index in [0.29, 0.717) is 5.92 Å². The van der Waals surface area contributed by atoms with Crippen LogP contribution in [-0.2, 0) is 6.54 Å². The first-order valence-corrected chi connectivity index (χ1v) is 6.98. The largest absolute Gasteiger partial charge is 0.573 e. The van der Waals surface area contributed by atoms with Crippen LogP contribution >= 0.6 is 11.6 Å². The maximum absolute atomic E-state index is 12.1. The number of piperidine rings is 1. The number of nitrogens with zero attached hydrogens (tertiary/aromatic N) is 1. The van der Waals surface area contributed by atoms with E-state index in [1.807, 2.05) is 0 Å². The average Bonchev–Trinajstić information content (AvgIpc) is 2.35. The summed E-state index contributed by atoms with van der Waals surface area (Å²) in [5, 5.41) is 0.216. The molecule has 20 heavy (non-hydrogen) atoms. The van der Waals surface area contributed by atoms with Gasteiger partial charge in [-0.3, -0.25) is 4.90 Å². The summed E-state index contributed by atoms with van der Waals surface area (Å²) in [6, 6.07) is 6.03. The summed E-state index contributed by atoms with van der Waals surface area (Å²) in [4.78, 5) is 2.27. The van der Waals surface area contributed by atoms with Gasteiger partial charge in [0, 0.05) is 18.5 Å². The van der Waals surface area contributed by atoms with Gasteiger partial charge >= 0.3 is 6.36 Å². The normalized spacial score (nSPS) is 24.6. The number of ether oxygens (including phenoxy) is 1.